The maximum Gasteiger partial charge on any atom is 0.273 e. The number of nitro groups is 1. The van der Waals surface area contributed by atoms with Gasteiger partial charge in [0.05, 0.1) is 11.5 Å². The maximum absolute atomic E-state index is 12.7. The van der Waals surface area contributed by atoms with Crippen LogP contribution in [0.2, 0.25) is 0 Å². The van der Waals surface area contributed by atoms with Crippen LogP contribution in [0.4, 0.5) is 5.69 Å². The van der Waals surface area contributed by atoms with Gasteiger partial charge in [-0.1, -0.05) is 41.1 Å². The Morgan fingerprint density at radius 2 is 1.89 bits per heavy atom. The van der Waals surface area contributed by atoms with E-state index in [9.17, 15) is 14.9 Å². The quantitative estimate of drug-likeness (QED) is 0.505. The third kappa shape index (κ3) is 3.84. The molecule has 0 atom stereocenters. The predicted octanol–water partition coefficient (Wildman–Crippen LogP) is 3.53. The van der Waals surface area contributed by atoms with E-state index in [-0.39, 0.29) is 29.6 Å². The van der Waals surface area contributed by atoms with Crippen molar-refractivity contribution < 1.29 is 14.2 Å². The SMILES string of the molecule is Cc1ccc(-c2noc(CN(C)C(=O)c3cccc([N+](=O)[O-])c3C)n2)cc1. The van der Waals surface area contributed by atoms with E-state index in [0.29, 0.717) is 11.4 Å². The number of carbonyl (C=O) groups excluding carboxylic acids is 1. The van der Waals surface area contributed by atoms with Crippen LogP contribution in [0.1, 0.15) is 27.4 Å². The predicted molar refractivity (Wildman–Crippen MR) is 98.1 cm³/mol. The van der Waals surface area contributed by atoms with Crippen molar-refractivity contribution in [3.8, 4) is 11.4 Å². The number of benzene rings is 2. The molecule has 0 bridgehead atoms. The molecule has 138 valence electrons. The Labute approximate surface area is 155 Å². The minimum absolute atomic E-state index is 0.0892. The second-order valence-electron chi connectivity index (χ2n) is 6.25. The van der Waals surface area contributed by atoms with Crippen LogP contribution >= 0.6 is 0 Å². The van der Waals surface area contributed by atoms with Gasteiger partial charge in [0, 0.05) is 29.8 Å². The molecule has 1 heterocycles. The van der Waals surface area contributed by atoms with Gasteiger partial charge in [-0.3, -0.25) is 14.9 Å². The van der Waals surface area contributed by atoms with Crippen molar-refractivity contribution >= 4 is 11.6 Å². The average molecular weight is 366 g/mol. The lowest BCUT2D eigenvalue weighted by Crippen LogP contribution is -2.27. The van der Waals surface area contributed by atoms with Crippen LogP contribution in [-0.4, -0.2) is 32.9 Å². The molecule has 27 heavy (non-hydrogen) atoms. The van der Waals surface area contributed by atoms with Gasteiger partial charge in [0.15, 0.2) is 0 Å². The Morgan fingerprint density at radius 1 is 1.19 bits per heavy atom. The number of amides is 1. The van der Waals surface area contributed by atoms with E-state index in [4.69, 9.17) is 4.52 Å². The number of hydrogen-bond acceptors (Lipinski definition) is 6. The standard InChI is InChI=1S/C19H18N4O4/c1-12-7-9-14(10-8-12)18-20-17(27-21-18)11-22(3)19(24)15-5-4-6-16(13(15)2)23(25)26/h4-10H,11H2,1-3H3. The zero-order valence-corrected chi connectivity index (χ0v) is 15.2. The van der Waals surface area contributed by atoms with Crippen LogP contribution in [0.3, 0.4) is 0 Å². The Balaban J connectivity index is 1.77. The number of nitro benzene ring substituents is 1. The first-order valence-electron chi connectivity index (χ1n) is 8.26. The molecule has 2 aromatic carbocycles. The fourth-order valence-electron chi connectivity index (χ4n) is 2.67. The number of aryl methyl sites for hydroxylation is 1. The molecule has 0 unspecified atom stereocenters. The summed E-state index contributed by atoms with van der Waals surface area (Å²) in [6.45, 7) is 3.64. The first-order chi connectivity index (χ1) is 12.9. The van der Waals surface area contributed by atoms with Crippen LogP contribution in [0, 0.1) is 24.0 Å². The average Bonchev–Trinajstić information content (AvgIpc) is 3.10. The lowest BCUT2D eigenvalue weighted by Gasteiger charge is -2.16. The lowest BCUT2D eigenvalue weighted by atomic mass is 10.1. The molecule has 0 spiro atoms. The summed E-state index contributed by atoms with van der Waals surface area (Å²) < 4.78 is 5.23. The normalized spacial score (nSPS) is 10.6. The largest absolute Gasteiger partial charge is 0.337 e. The van der Waals surface area contributed by atoms with E-state index in [1.165, 1.54) is 17.0 Å². The van der Waals surface area contributed by atoms with Gasteiger partial charge < -0.3 is 9.42 Å². The molecule has 8 heteroatoms. The summed E-state index contributed by atoms with van der Waals surface area (Å²) in [7, 11) is 1.58. The first-order valence-corrected chi connectivity index (χ1v) is 8.26. The monoisotopic (exact) mass is 366 g/mol. The van der Waals surface area contributed by atoms with Gasteiger partial charge >= 0.3 is 0 Å². The molecule has 1 aromatic heterocycles. The molecule has 0 aliphatic heterocycles. The fourth-order valence-corrected chi connectivity index (χ4v) is 2.67. The zero-order valence-electron chi connectivity index (χ0n) is 15.2. The van der Waals surface area contributed by atoms with Gasteiger partial charge in [0.25, 0.3) is 11.6 Å². The number of aromatic nitrogens is 2. The number of rotatable bonds is 5. The van der Waals surface area contributed by atoms with E-state index in [2.05, 4.69) is 10.1 Å². The van der Waals surface area contributed by atoms with E-state index >= 15 is 0 Å². The number of carbonyl (C=O) groups is 1. The molecular formula is C19H18N4O4. The first kappa shape index (κ1) is 18.2. The molecule has 0 saturated carbocycles. The molecule has 8 nitrogen and oxygen atoms in total. The van der Waals surface area contributed by atoms with Crippen molar-refractivity contribution in [2.24, 2.45) is 0 Å². The highest BCUT2D eigenvalue weighted by molar-refractivity contribution is 5.96. The Kier molecular flexibility index (Phi) is 4.98. The van der Waals surface area contributed by atoms with E-state index in [1.54, 1.807) is 20.0 Å². The van der Waals surface area contributed by atoms with Crippen molar-refractivity contribution in [2.75, 3.05) is 7.05 Å². The van der Waals surface area contributed by atoms with E-state index in [0.717, 1.165) is 11.1 Å². The van der Waals surface area contributed by atoms with Gasteiger partial charge in [0.1, 0.15) is 0 Å². The summed E-state index contributed by atoms with van der Waals surface area (Å²) in [4.78, 5) is 28.9. The van der Waals surface area contributed by atoms with Crippen LogP contribution < -0.4 is 0 Å². The minimum atomic E-state index is -0.502. The van der Waals surface area contributed by atoms with Crippen molar-refractivity contribution in [1.29, 1.82) is 0 Å². The highest BCUT2D eigenvalue weighted by atomic mass is 16.6. The van der Waals surface area contributed by atoms with Gasteiger partial charge in [-0.05, 0) is 19.9 Å². The minimum Gasteiger partial charge on any atom is -0.337 e. The molecule has 0 aliphatic rings. The number of nitrogens with zero attached hydrogens (tertiary/aromatic N) is 4. The van der Waals surface area contributed by atoms with Crippen LogP contribution in [0.25, 0.3) is 11.4 Å². The molecule has 0 saturated heterocycles. The summed E-state index contributed by atoms with van der Waals surface area (Å²) in [6.07, 6.45) is 0. The molecule has 1 amide bonds. The van der Waals surface area contributed by atoms with Crippen molar-refractivity contribution in [3.63, 3.8) is 0 Å². The van der Waals surface area contributed by atoms with Crippen molar-refractivity contribution in [1.82, 2.24) is 15.0 Å². The van der Waals surface area contributed by atoms with Crippen molar-refractivity contribution in [2.45, 2.75) is 20.4 Å². The third-order valence-electron chi connectivity index (χ3n) is 4.23. The van der Waals surface area contributed by atoms with Crippen LogP contribution in [0.5, 0.6) is 0 Å². The van der Waals surface area contributed by atoms with Gasteiger partial charge in [-0.2, -0.15) is 4.98 Å². The lowest BCUT2D eigenvalue weighted by molar-refractivity contribution is -0.385. The number of hydrogen-bond donors (Lipinski definition) is 0. The van der Waals surface area contributed by atoms with Gasteiger partial charge in [-0.15, -0.1) is 0 Å². The third-order valence-corrected chi connectivity index (χ3v) is 4.23. The fraction of sp³-hybridized carbons (Fsp3) is 0.211. The maximum atomic E-state index is 12.7. The summed E-state index contributed by atoms with van der Waals surface area (Å²) in [6, 6.07) is 12.1. The molecule has 0 aliphatic carbocycles. The summed E-state index contributed by atoms with van der Waals surface area (Å²) in [5, 5.41) is 15.0. The second-order valence-corrected chi connectivity index (χ2v) is 6.25. The highest BCUT2D eigenvalue weighted by Gasteiger charge is 2.22. The molecule has 0 radical (unpaired) electrons. The Bertz CT molecular complexity index is 995. The van der Waals surface area contributed by atoms with Crippen LogP contribution in [-0.2, 0) is 6.54 Å². The van der Waals surface area contributed by atoms with Gasteiger partial charge in [0.2, 0.25) is 11.7 Å². The highest BCUT2D eigenvalue weighted by Crippen LogP contribution is 2.23. The van der Waals surface area contributed by atoms with Gasteiger partial charge in [-0.25, -0.2) is 0 Å². The van der Waals surface area contributed by atoms with Crippen molar-refractivity contribution in [3.05, 3.63) is 75.2 Å². The topological polar surface area (TPSA) is 102 Å². The summed E-state index contributed by atoms with van der Waals surface area (Å²) >= 11 is 0. The smallest absolute Gasteiger partial charge is 0.273 e. The Hall–Kier alpha value is -3.55. The zero-order chi connectivity index (χ0) is 19.6. The van der Waals surface area contributed by atoms with Crippen LogP contribution in [0.15, 0.2) is 47.0 Å². The molecule has 3 rings (SSSR count). The Morgan fingerprint density at radius 3 is 2.56 bits per heavy atom. The summed E-state index contributed by atoms with van der Waals surface area (Å²) in [5.74, 6) is 0.369. The summed E-state index contributed by atoms with van der Waals surface area (Å²) in [5.41, 5.74) is 2.45. The molecule has 0 fully saturated rings. The van der Waals surface area contributed by atoms with E-state index < -0.39 is 4.92 Å². The molecule has 3 aromatic rings. The second kappa shape index (κ2) is 7.36. The van der Waals surface area contributed by atoms with E-state index in [1.807, 2.05) is 31.2 Å². The molecular weight excluding hydrogens is 348 g/mol. The molecule has 0 N–H and O–H groups in total.